The Kier molecular flexibility index (Phi) is 4.81. The van der Waals surface area contributed by atoms with E-state index in [9.17, 15) is 0 Å². The molecule has 14 heavy (non-hydrogen) atoms. The summed E-state index contributed by atoms with van der Waals surface area (Å²) >= 11 is 6.12. The topological polar surface area (TPSA) is 9.23 Å². The first-order valence-electron chi connectivity index (χ1n) is 5.12. The summed E-state index contributed by atoms with van der Waals surface area (Å²) in [6.07, 6.45) is 1.87. The van der Waals surface area contributed by atoms with E-state index in [2.05, 4.69) is 13.0 Å². The number of rotatable bonds is 5. The number of benzene rings is 1. The van der Waals surface area contributed by atoms with Gasteiger partial charge < -0.3 is 4.74 Å². The van der Waals surface area contributed by atoms with Crippen molar-refractivity contribution in [2.24, 2.45) is 0 Å². The molecular formula is C12H17ClO. The molecule has 1 rings (SSSR count). The number of hydrogen-bond acceptors (Lipinski definition) is 1. The van der Waals surface area contributed by atoms with Crippen LogP contribution in [0.1, 0.15) is 25.8 Å². The second-order valence-electron chi connectivity index (χ2n) is 3.25. The van der Waals surface area contributed by atoms with E-state index >= 15 is 0 Å². The van der Waals surface area contributed by atoms with E-state index in [1.807, 2.05) is 25.1 Å². The molecule has 0 saturated heterocycles. The fraction of sp³-hybridized carbons (Fsp3) is 0.500. The summed E-state index contributed by atoms with van der Waals surface area (Å²) in [5.41, 5.74) is 1.20. The standard InChI is InChI=1S/C12H17ClO/c1-3-11(13)9-10-7-5-6-8-12(10)14-4-2/h5-8,11H,3-4,9H2,1-2H3. The van der Waals surface area contributed by atoms with Crippen LogP contribution in [0.25, 0.3) is 0 Å². The largest absolute Gasteiger partial charge is 0.494 e. The van der Waals surface area contributed by atoms with Crippen LogP contribution in [0, 0.1) is 0 Å². The van der Waals surface area contributed by atoms with Crippen molar-refractivity contribution in [2.45, 2.75) is 32.1 Å². The summed E-state index contributed by atoms with van der Waals surface area (Å²) in [5.74, 6) is 0.967. The van der Waals surface area contributed by atoms with Crippen molar-refractivity contribution < 1.29 is 4.74 Å². The Morgan fingerprint density at radius 3 is 2.64 bits per heavy atom. The molecule has 1 nitrogen and oxygen atoms in total. The van der Waals surface area contributed by atoms with Gasteiger partial charge in [0.25, 0.3) is 0 Å². The zero-order valence-corrected chi connectivity index (χ0v) is 9.55. The first-order valence-corrected chi connectivity index (χ1v) is 5.56. The molecule has 0 amide bonds. The van der Waals surface area contributed by atoms with Crippen LogP contribution in [-0.2, 0) is 6.42 Å². The third-order valence-electron chi connectivity index (χ3n) is 2.16. The highest BCUT2D eigenvalue weighted by molar-refractivity contribution is 6.20. The third-order valence-corrected chi connectivity index (χ3v) is 2.62. The van der Waals surface area contributed by atoms with E-state index in [0.29, 0.717) is 6.61 Å². The lowest BCUT2D eigenvalue weighted by molar-refractivity contribution is 0.336. The number of alkyl halides is 1. The Labute approximate surface area is 91.0 Å². The van der Waals surface area contributed by atoms with E-state index in [0.717, 1.165) is 18.6 Å². The minimum Gasteiger partial charge on any atom is -0.494 e. The van der Waals surface area contributed by atoms with Crippen molar-refractivity contribution in [1.29, 1.82) is 0 Å². The van der Waals surface area contributed by atoms with Crippen LogP contribution in [0.2, 0.25) is 0 Å². The lowest BCUT2D eigenvalue weighted by Gasteiger charge is -2.11. The summed E-state index contributed by atoms with van der Waals surface area (Å²) in [7, 11) is 0. The van der Waals surface area contributed by atoms with E-state index < -0.39 is 0 Å². The summed E-state index contributed by atoms with van der Waals surface area (Å²) in [6.45, 7) is 4.80. The maximum absolute atomic E-state index is 6.12. The smallest absolute Gasteiger partial charge is 0.122 e. The monoisotopic (exact) mass is 212 g/mol. The molecule has 0 aromatic heterocycles. The van der Waals surface area contributed by atoms with Crippen LogP contribution in [0.3, 0.4) is 0 Å². The lowest BCUT2D eigenvalue weighted by Crippen LogP contribution is -2.04. The van der Waals surface area contributed by atoms with Crippen molar-refractivity contribution in [1.82, 2.24) is 0 Å². The number of para-hydroxylation sites is 1. The van der Waals surface area contributed by atoms with Crippen LogP contribution >= 0.6 is 11.6 Å². The molecule has 0 bridgehead atoms. The predicted octanol–water partition coefficient (Wildman–Crippen LogP) is 3.65. The molecule has 1 aromatic carbocycles. The molecular weight excluding hydrogens is 196 g/mol. The van der Waals surface area contributed by atoms with E-state index in [4.69, 9.17) is 16.3 Å². The Morgan fingerprint density at radius 2 is 2.00 bits per heavy atom. The lowest BCUT2D eigenvalue weighted by atomic mass is 10.1. The quantitative estimate of drug-likeness (QED) is 0.678. The van der Waals surface area contributed by atoms with Gasteiger partial charge in [0.1, 0.15) is 5.75 Å². The van der Waals surface area contributed by atoms with Crippen molar-refractivity contribution in [3.8, 4) is 5.75 Å². The Morgan fingerprint density at radius 1 is 1.29 bits per heavy atom. The van der Waals surface area contributed by atoms with Gasteiger partial charge in [0.15, 0.2) is 0 Å². The molecule has 0 radical (unpaired) electrons. The molecule has 0 aliphatic heterocycles. The molecule has 2 heteroatoms. The van der Waals surface area contributed by atoms with Gasteiger partial charge in [0, 0.05) is 5.38 Å². The van der Waals surface area contributed by atoms with Crippen molar-refractivity contribution in [3.63, 3.8) is 0 Å². The normalized spacial score (nSPS) is 12.5. The molecule has 1 unspecified atom stereocenters. The minimum atomic E-state index is 0.205. The van der Waals surface area contributed by atoms with Gasteiger partial charge in [-0.05, 0) is 31.4 Å². The maximum atomic E-state index is 6.12. The molecule has 0 spiro atoms. The van der Waals surface area contributed by atoms with Crippen LogP contribution in [0.15, 0.2) is 24.3 Å². The number of ether oxygens (including phenoxy) is 1. The van der Waals surface area contributed by atoms with E-state index in [1.165, 1.54) is 5.56 Å². The zero-order chi connectivity index (χ0) is 10.4. The summed E-state index contributed by atoms with van der Waals surface area (Å²) in [6, 6.07) is 8.09. The molecule has 0 aliphatic carbocycles. The Bertz CT molecular complexity index is 273. The van der Waals surface area contributed by atoms with Gasteiger partial charge in [-0.15, -0.1) is 11.6 Å². The van der Waals surface area contributed by atoms with Crippen molar-refractivity contribution >= 4 is 11.6 Å². The SMILES string of the molecule is CCOc1ccccc1CC(Cl)CC. The second kappa shape index (κ2) is 5.92. The van der Waals surface area contributed by atoms with E-state index in [1.54, 1.807) is 0 Å². The third kappa shape index (κ3) is 3.22. The van der Waals surface area contributed by atoms with Gasteiger partial charge in [-0.25, -0.2) is 0 Å². The van der Waals surface area contributed by atoms with Gasteiger partial charge in [-0.3, -0.25) is 0 Å². The minimum absolute atomic E-state index is 0.205. The van der Waals surface area contributed by atoms with Crippen molar-refractivity contribution in [2.75, 3.05) is 6.61 Å². The molecule has 0 fully saturated rings. The van der Waals surface area contributed by atoms with Crippen LogP contribution in [0.4, 0.5) is 0 Å². The summed E-state index contributed by atoms with van der Waals surface area (Å²) < 4.78 is 5.52. The average Bonchev–Trinajstić information content (AvgIpc) is 2.21. The van der Waals surface area contributed by atoms with Crippen LogP contribution < -0.4 is 4.74 Å². The van der Waals surface area contributed by atoms with Gasteiger partial charge >= 0.3 is 0 Å². The molecule has 78 valence electrons. The highest BCUT2D eigenvalue weighted by Crippen LogP contribution is 2.21. The van der Waals surface area contributed by atoms with Crippen molar-refractivity contribution in [3.05, 3.63) is 29.8 Å². The number of halogens is 1. The first kappa shape index (κ1) is 11.4. The molecule has 0 saturated carbocycles. The van der Waals surface area contributed by atoms with Crippen LogP contribution in [0.5, 0.6) is 5.75 Å². The zero-order valence-electron chi connectivity index (χ0n) is 8.79. The first-order chi connectivity index (χ1) is 6.77. The van der Waals surface area contributed by atoms with Gasteiger partial charge in [0.05, 0.1) is 6.61 Å². The van der Waals surface area contributed by atoms with Gasteiger partial charge in [-0.2, -0.15) is 0 Å². The second-order valence-corrected chi connectivity index (χ2v) is 3.87. The number of hydrogen-bond donors (Lipinski definition) is 0. The highest BCUT2D eigenvalue weighted by Gasteiger charge is 2.07. The van der Waals surface area contributed by atoms with Gasteiger partial charge in [0.2, 0.25) is 0 Å². The summed E-state index contributed by atoms with van der Waals surface area (Å²) in [4.78, 5) is 0. The highest BCUT2D eigenvalue weighted by atomic mass is 35.5. The fourth-order valence-corrected chi connectivity index (χ4v) is 1.52. The molecule has 0 heterocycles. The van der Waals surface area contributed by atoms with Gasteiger partial charge in [-0.1, -0.05) is 25.1 Å². The maximum Gasteiger partial charge on any atom is 0.122 e. The average molecular weight is 213 g/mol. The van der Waals surface area contributed by atoms with Crippen LogP contribution in [-0.4, -0.2) is 12.0 Å². The molecule has 0 aliphatic rings. The Hall–Kier alpha value is -0.690. The Balaban J connectivity index is 2.73. The fourth-order valence-electron chi connectivity index (χ4n) is 1.35. The molecule has 1 aromatic rings. The predicted molar refractivity (Wildman–Crippen MR) is 61.2 cm³/mol. The summed E-state index contributed by atoms with van der Waals surface area (Å²) in [5, 5.41) is 0.205. The van der Waals surface area contributed by atoms with E-state index in [-0.39, 0.29) is 5.38 Å². The molecule has 1 atom stereocenters. The molecule has 0 N–H and O–H groups in total.